The Morgan fingerprint density at radius 3 is 2.59 bits per heavy atom. The van der Waals surface area contributed by atoms with E-state index in [2.05, 4.69) is 26.1 Å². The summed E-state index contributed by atoms with van der Waals surface area (Å²) in [6.45, 7) is 6.77. The third-order valence-corrected chi connectivity index (χ3v) is 7.99. The molecule has 0 spiro atoms. The molecule has 2 unspecified atom stereocenters. The van der Waals surface area contributed by atoms with E-state index in [1.54, 1.807) is 19.2 Å². The number of amides is 4. The van der Waals surface area contributed by atoms with Crippen LogP contribution in [-0.4, -0.2) is 68.6 Å². The number of carbonyl (C=O) groups excluding carboxylic acids is 4. The molecular weight excluding hydrogens is 528 g/mol. The number of carboxylic acids is 1. The number of aromatic amines is 1. The van der Waals surface area contributed by atoms with Crippen LogP contribution in [0.15, 0.2) is 30.5 Å². The Labute approximate surface area is 238 Å². The van der Waals surface area contributed by atoms with E-state index in [-0.39, 0.29) is 31.1 Å². The van der Waals surface area contributed by atoms with Gasteiger partial charge < -0.3 is 21.1 Å². The highest BCUT2D eigenvalue weighted by Crippen LogP contribution is 2.39. The molecule has 3 heterocycles. The molecule has 0 saturated carbocycles. The van der Waals surface area contributed by atoms with Crippen molar-refractivity contribution in [2.45, 2.75) is 89.9 Å². The van der Waals surface area contributed by atoms with Crippen LogP contribution in [0, 0.1) is 5.92 Å². The smallest absolute Gasteiger partial charge is 0.305 e. The average Bonchev–Trinajstić information content (AvgIpc) is 3.52. The summed E-state index contributed by atoms with van der Waals surface area (Å²) in [6.07, 6.45) is 3.16. The highest BCUT2D eigenvalue weighted by molar-refractivity contribution is 6.08. The van der Waals surface area contributed by atoms with Crippen LogP contribution in [0.25, 0.3) is 0 Å². The second-order valence-electron chi connectivity index (χ2n) is 11.4. The number of benzene rings is 1. The third-order valence-electron chi connectivity index (χ3n) is 7.99. The number of nitrogens with one attached hydrogen (secondary N) is 4. The molecule has 41 heavy (non-hydrogen) atoms. The van der Waals surface area contributed by atoms with Crippen molar-refractivity contribution >= 4 is 35.3 Å². The number of aryl methyl sites for hydroxylation is 1. The molecule has 0 radical (unpaired) electrons. The minimum atomic E-state index is -1.16. The summed E-state index contributed by atoms with van der Waals surface area (Å²) in [5.74, 6) is -2.92. The quantitative estimate of drug-likeness (QED) is 0.272. The van der Waals surface area contributed by atoms with Gasteiger partial charge in [0.25, 0.3) is 0 Å². The van der Waals surface area contributed by atoms with Gasteiger partial charge in [0.15, 0.2) is 0 Å². The molecule has 12 nitrogen and oxygen atoms in total. The van der Waals surface area contributed by atoms with Gasteiger partial charge >= 0.3 is 5.97 Å². The Kier molecular flexibility index (Phi) is 8.79. The number of carbonyl (C=O) groups is 5. The number of aromatic nitrogens is 2. The molecule has 0 fully saturated rings. The average molecular weight is 567 g/mol. The first-order valence-corrected chi connectivity index (χ1v) is 14.0. The van der Waals surface area contributed by atoms with E-state index >= 15 is 0 Å². The van der Waals surface area contributed by atoms with Gasteiger partial charge in [0, 0.05) is 31.7 Å². The summed E-state index contributed by atoms with van der Waals surface area (Å²) in [5.41, 5.74) is 1.91. The number of carboxylic acid groups (broad SMARTS) is 1. The fourth-order valence-corrected chi connectivity index (χ4v) is 5.83. The standard InChI is InChI=1S/C29H38N6O6/c1-5-16(2)24(31-17(3)36)27(40)32-21-10-9-18-7-6-8-19-13-22(35(25(18)19)28(21)41)26(39)33-29(4,15-23(37)38)14-20-11-12-30-34-20/h6-8,11-12,16,21-22,24H,5,9-10,13-15H2,1-4H3,(H,30,34)(H,31,36)(H,32,40)(H,33,39)(H,37,38)/t16-,21?,22-,24-,29?/m0/s1. The van der Waals surface area contributed by atoms with Crippen LogP contribution in [-0.2, 0) is 43.2 Å². The molecule has 12 heteroatoms. The van der Waals surface area contributed by atoms with E-state index in [1.807, 2.05) is 32.0 Å². The highest BCUT2D eigenvalue weighted by atomic mass is 16.4. The summed E-state index contributed by atoms with van der Waals surface area (Å²) in [7, 11) is 0. The Hall–Kier alpha value is -4.22. The molecule has 0 bridgehead atoms. The van der Waals surface area contributed by atoms with E-state index in [0.29, 0.717) is 30.6 Å². The molecule has 1 aromatic heterocycles. The minimum Gasteiger partial charge on any atom is -0.481 e. The molecule has 2 aromatic rings. The fourth-order valence-electron chi connectivity index (χ4n) is 5.83. The first-order chi connectivity index (χ1) is 19.4. The molecule has 0 aliphatic carbocycles. The van der Waals surface area contributed by atoms with Gasteiger partial charge in [-0.3, -0.25) is 34.0 Å². The van der Waals surface area contributed by atoms with E-state index in [4.69, 9.17) is 0 Å². The fraction of sp³-hybridized carbons (Fsp3) is 0.517. The Bertz CT molecular complexity index is 1330. The third kappa shape index (κ3) is 6.58. The maximum Gasteiger partial charge on any atom is 0.305 e. The van der Waals surface area contributed by atoms with Gasteiger partial charge in [-0.25, -0.2) is 0 Å². The number of para-hydroxylation sites is 1. The molecule has 4 rings (SSSR count). The van der Waals surface area contributed by atoms with E-state index in [0.717, 1.165) is 11.1 Å². The van der Waals surface area contributed by atoms with E-state index in [1.165, 1.54) is 11.8 Å². The number of hydrogen-bond donors (Lipinski definition) is 5. The van der Waals surface area contributed by atoms with Gasteiger partial charge in [-0.1, -0.05) is 38.5 Å². The second kappa shape index (κ2) is 12.1. The Morgan fingerprint density at radius 1 is 1.22 bits per heavy atom. The van der Waals surface area contributed by atoms with Crippen LogP contribution in [0.1, 0.15) is 63.8 Å². The zero-order chi connectivity index (χ0) is 29.9. The SMILES string of the molecule is CC[C@H](C)[C@H](NC(C)=O)C(=O)NC1CCc2cccc3c2N(C1=O)[C@H](C(=O)NC(C)(CC(=O)O)Cc1ccn[nH]1)C3. The molecule has 2 aliphatic heterocycles. The molecule has 2 aliphatic rings. The van der Waals surface area contributed by atoms with Crippen molar-refractivity contribution in [3.8, 4) is 0 Å². The van der Waals surface area contributed by atoms with E-state index < -0.39 is 47.4 Å². The predicted molar refractivity (Wildman–Crippen MR) is 150 cm³/mol. The first-order valence-electron chi connectivity index (χ1n) is 14.0. The van der Waals surface area contributed by atoms with Crippen molar-refractivity contribution in [1.82, 2.24) is 26.1 Å². The molecule has 5 N–H and O–H groups in total. The molecular formula is C29H38N6O6. The van der Waals surface area contributed by atoms with Crippen LogP contribution in [0.4, 0.5) is 5.69 Å². The van der Waals surface area contributed by atoms with Crippen LogP contribution in [0.5, 0.6) is 0 Å². The minimum absolute atomic E-state index is 0.157. The second-order valence-corrected chi connectivity index (χ2v) is 11.4. The van der Waals surface area contributed by atoms with Crippen molar-refractivity contribution in [3.63, 3.8) is 0 Å². The summed E-state index contributed by atoms with van der Waals surface area (Å²) in [6, 6.07) is 4.75. The number of aliphatic carboxylic acids is 1. The van der Waals surface area contributed by atoms with Gasteiger partial charge in [0.05, 0.1) is 17.6 Å². The number of H-pyrrole nitrogens is 1. The van der Waals surface area contributed by atoms with Crippen molar-refractivity contribution in [2.75, 3.05) is 4.90 Å². The van der Waals surface area contributed by atoms with Gasteiger partial charge in [-0.15, -0.1) is 0 Å². The number of hydrogen-bond acceptors (Lipinski definition) is 6. The lowest BCUT2D eigenvalue weighted by Gasteiger charge is -2.33. The maximum atomic E-state index is 14.0. The first kappa shape index (κ1) is 29.8. The van der Waals surface area contributed by atoms with Crippen LogP contribution in [0.3, 0.4) is 0 Å². The number of anilines is 1. The molecule has 220 valence electrons. The summed E-state index contributed by atoms with van der Waals surface area (Å²) in [4.78, 5) is 66.2. The van der Waals surface area contributed by atoms with E-state index in [9.17, 15) is 29.1 Å². The van der Waals surface area contributed by atoms with Gasteiger partial charge in [0.2, 0.25) is 23.6 Å². The van der Waals surface area contributed by atoms with Crippen LogP contribution in [0.2, 0.25) is 0 Å². The molecule has 1 aromatic carbocycles. The summed E-state index contributed by atoms with van der Waals surface area (Å²) in [5, 5.41) is 24.8. The van der Waals surface area contributed by atoms with Gasteiger partial charge in [-0.2, -0.15) is 5.10 Å². The lowest BCUT2D eigenvalue weighted by atomic mass is 9.91. The highest BCUT2D eigenvalue weighted by Gasteiger charge is 2.46. The maximum absolute atomic E-state index is 14.0. The van der Waals surface area contributed by atoms with Crippen molar-refractivity contribution < 1.29 is 29.1 Å². The van der Waals surface area contributed by atoms with Crippen LogP contribution < -0.4 is 20.9 Å². The largest absolute Gasteiger partial charge is 0.481 e. The predicted octanol–water partition coefficient (Wildman–Crippen LogP) is 1.24. The zero-order valence-electron chi connectivity index (χ0n) is 23.8. The van der Waals surface area contributed by atoms with Gasteiger partial charge in [-0.05, 0) is 42.9 Å². The summed E-state index contributed by atoms with van der Waals surface area (Å²) < 4.78 is 0. The normalized spacial score (nSPS) is 20.7. The molecule has 0 saturated heterocycles. The van der Waals surface area contributed by atoms with Gasteiger partial charge in [0.1, 0.15) is 18.1 Å². The van der Waals surface area contributed by atoms with Crippen molar-refractivity contribution in [2.24, 2.45) is 5.92 Å². The van der Waals surface area contributed by atoms with Crippen molar-refractivity contribution in [1.29, 1.82) is 0 Å². The Morgan fingerprint density at radius 2 is 1.95 bits per heavy atom. The lowest BCUT2D eigenvalue weighted by molar-refractivity contribution is -0.139. The summed E-state index contributed by atoms with van der Waals surface area (Å²) >= 11 is 0. The monoisotopic (exact) mass is 566 g/mol. The van der Waals surface area contributed by atoms with Crippen LogP contribution >= 0.6 is 0 Å². The molecule has 5 atom stereocenters. The Balaban J connectivity index is 1.61. The van der Waals surface area contributed by atoms with Crippen molar-refractivity contribution in [3.05, 3.63) is 47.3 Å². The topological polar surface area (TPSA) is 174 Å². The number of nitrogens with zero attached hydrogens (tertiary/aromatic N) is 2. The molecule has 4 amide bonds. The number of rotatable bonds is 11. The lowest BCUT2D eigenvalue weighted by Crippen LogP contribution is -2.60. The zero-order valence-corrected chi connectivity index (χ0v) is 23.8.